The Labute approximate surface area is 109 Å². The summed E-state index contributed by atoms with van der Waals surface area (Å²) in [7, 11) is 0. The van der Waals surface area contributed by atoms with Gasteiger partial charge in [-0.1, -0.05) is 12.1 Å². The monoisotopic (exact) mass is 262 g/mol. The van der Waals surface area contributed by atoms with Crippen LogP contribution >= 0.6 is 11.3 Å². The number of nitrogen functional groups attached to an aromatic ring is 1. The fraction of sp³-hybridized carbons (Fsp3) is 0.231. The fourth-order valence-electron chi connectivity index (χ4n) is 1.66. The van der Waals surface area contributed by atoms with Gasteiger partial charge in [0.05, 0.1) is 28.6 Å². The van der Waals surface area contributed by atoms with E-state index in [4.69, 9.17) is 10.5 Å². The summed E-state index contributed by atoms with van der Waals surface area (Å²) >= 11 is 1.55. The Hall–Kier alpha value is -1.88. The second-order valence-corrected chi connectivity index (χ2v) is 4.80. The van der Waals surface area contributed by atoms with E-state index in [1.54, 1.807) is 30.4 Å². The number of aryl methyl sites for hydroxylation is 1. The summed E-state index contributed by atoms with van der Waals surface area (Å²) in [6.45, 7) is 4.03. The fourth-order valence-corrected chi connectivity index (χ4v) is 2.28. The minimum absolute atomic E-state index is 0.332. The third-order valence-electron chi connectivity index (χ3n) is 2.50. The van der Waals surface area contributed by atoms with Gasteiger partial charge in [0.15, 0.2) is 0 Å². The molecule has 0 saturated carbocycles. The summed E-state index contributed by atoms with van der Waals surface area (Å²) in [5.74, 6) is -0.399. The Kier molecular flexibility index (Phi) is 3.62. The third-order valence-corrected chi connectivity index (χ3v) is 3.27. The molecule has 94 valence electrons. The normalized spacial score (nSPS) is 10.3. The Balaban J connectivity index is 2.45. The molecule has 0 atom stereocenters. The van der Waals surface area contributed by atoms with Crippen molar-refractivity contribution in [3.05, 3.63) is 34.2 Å². The van der Waals surface area contributed by atoms with E-state index in [0.717, 1.165) is 16.3 Å². The standard InChI is InChI=1S/C13H14N2O2S/c1-3-17-13(16)10-6-4-5-9(12(10)14)11-7-18-8(2)15-11/h4-7H,3,14H2,1-2H3. The van der Waals surface area contributed by atoms with Gasteiger partial charge in [-0.3, -0.25) is 0 Å². The molecule has 0 aliphatic rings. The van der Waals surface area contributed by atoms with E-state index in [-0.39, 0.29) is 0 Å². The predicted molar refractivity (Wildman–Crippen MR) is 72.7 cm³/mol. The van der Waals surface area contributed by atoms with Crippen LogP contribution in [-0.2, 0) is 4.74 Å². The van der Waals surface area contributed by atoms with Gasteiger partial charge in [0.1, 0.15) is 0 Å². The summed E-state index contributed by atoms with van der Waals surface area (Å²) in [4.78, 5) is 16.1. The predicted octanol–water partition coefficient (Wildman–Crippen LogP) is 2.88. The molecule has 2 rings (SSSR count). The lowest BCUT2D eigenvalue weighted by atomic mass is 10.1. The van der Waals surface area contributed by atoms with Crippen LogP contribution in [0.15, 0.2) is 23.6 Å². The lowest BCUT2D eigenvalue weighted by molar-refractivity contribution is 0.0527. The smallest absolute Gasteiger partial charge is 0.340 e. The molecule has 0 aliphatic carbocycles. The molecule has 18 heavy (non-hydrogen) atoms. The Morgan fingerprint density at radius 1 is 1.50 bits per heavy atom. The molecule has 0 aliphatic heterocycles. The highest BCUT2D eigenvalue weighted by molar-refractivity contribution is 7.09. The molecule has 0 saturated heterocycles. The molecule has 0 amide bonds. The zero-order chi connectivity index (χ0) is 13.1. The molecule has 0 fully saturated rings. The van der Waals surface area contributed by atoms with Gasteiger partial charge in [0, 0.05) is 10.9 Å². The highest BCUT2D eigenvalue weighted by atomic mass is 32.1. The number of thiazole rings is 1. The maximum Gasteiger partial charge on any atom is 0.340 e. The maximum atomic E-state index is 11.7. The van der Waals surface area contributed by atoms with Crippen LogP contribution in [0, 0.1) is 6.92 Å². The number of esters is 1. The lowest BCUT2D eigenvalue weighted by Crippen LogP contribution is -2.08. The first-order valence-corrected chi connectivity index (χ1v) is 6.49. The molecule has 0 unspecified atom stereocenters. The number of hydrogen-bond donors (Lipinski definition) is 1. The first-order valence-electron chi connectivity index (χ1n) is 5.61. The average Bonchev–Trinajstić information content (AvgIpc) is 2.76. The van der Waals surface area contributed by atoms with Crippen LogP contribution < -0.4 is 5.73 Å². The Morgan fingerprint density at radius 2 is 2.28 bits per heavy atom. The van der Waals surface area contributed by atoms with Crippen molar-refractivity contribution in [2.45, 2.75) is 13.8 Å². The summed E-state index contributed by atoms with van der Waals surface area (Å²) in [6, 6.07) is 5.30. The molecule has 5 heteroatoms. The average molecular weight is 262 g/mol. The van der Waals surface area contributed by atoms with E-state index in [1.165, 1.54) is 0 Å². The first-order chi connectivity index (χ1) is 8.63. The van der Waals surface area contributed by atoms with E-state index in [1.807, 2.05) is 18.4 Å². The zero-order valence-electron chi connectivity index (χ0n) is 10.3. The van der Waals surface area contributed by atoms with Crippen molar-refractivity contribution >= 4 is 23.0 Å². The van der Waals surface area contributed by atoms with Gasteiger partial charge in [-0.25, -0.2) is 9.78 Å². The number of nitrogens with zero attached hydrogens (tertiary/aromatic N) is 1. The molecular formula is C13H14N2O2S. The van der Waals surface area contributed by atoms with Crippen molar-refractivity contribution in [3.63, 3.8) is 0 Å². The van der Waals surface area contributed by atoms with Crippen LogP contribution in [0.25, 0.3) is 11.3 Å². The van der Waals surface area contributed by atoms with Crippen molar-refractivity contribution in [2.75, 3.05) is 12.3 Å². The van der Waals surface area contributed by atoms with Crippen molar-refractivity contribution in [1.29, 1.82) is 0 Å². The molecule has 1 heterocycles. The van der Waals surface area contributed by atoms with E-state index < -0.39 is 5.97 Å². The zero-order valence-corrected chi connectivity index (χ0v) is 11.1. The van der Waals surface area contributed by atoms with E-state index >= 15 is 0 Å². The Bertz CT molecular complexity index is 578. The van der Waals surface area contributed by atoms with Crippen LogP contribution in [0.4, 0.5) is 5.69 Å². The first kappa shape index (κ1) is 12.6. The number of carbonyl (C=O) groups excluding carboxylic acids is 1. The van der Waals surface area contributed by atoms with Gasteiger partial charge in [-0.15, -0.1) is 11.3 Å². The van der Waals surface area contributed by atoms with Crippen molar-refractivity contribution in [3.8, 4) is 11.3 Å². The number of nitrogens with two attached hydrogens (primary N) is 1. The quantitative estimate of drug-likeness (QED) is 0.682. The number of anilines is 1. The van der Waals surface area contributed by atoms with E-state index in [9.17, 15) is 4.79 Å². The van der Waals surface area contributed by atoms with Crippen molar-refractivity contribution in [1.82, 2.24) is 4.98 Å². The number of carbonyl (C=O) groups is 1. The number of hydrogen-bond acceptors (Lipinski definition) is 5. The molecule has 1 aromatic heterocycles. The highest BCUT2D eigenvalue weighted by Crippen LogP contribution is 2.29. The van der Waals surface area contributed by atoms with Gasteiger partial charge < -0.3 is 10.5 Å². The highest BCUT2D eigenvalue weighted by Gasteiger charge is 2.15. The second kappa shape index (κ2) is 5.18. The second-order valence-electron chi connectivity index (χ2n) is 3.74. The minimum atomic E-state index is -0.399. The molecule has 0 radical (unpaired) electrons. The maximum absolute atomic E-state index is 11.7. The lowest BCUT2D eigenvalue weighted by Gasteiger charge is -2.08. The molecule has 2 N–H and O–H groups in total. The van der Waals surface area contributed by atoms with Gasteiger partial charge in [0.25, 0.3) is 0 Å². The van der Waals surface area contributed by atoms with Crippen LogP contribution in [0.5, 0.6) is 0 Å². The van der Waals surface area contributed by atoms with Crippen LogP contribution in [-0.4, -0.2) is 17.6 Å². The molecule has 2 aromatic rings. The molecule has 0 spiro atoms. The van der Waals surface area contributed by atoms with E-state index in [0.29, 0.717) is 17.9 Å². The van der Waals surface area contributed by atoms with Gasteiger partial charge >= 0.3 is 5.97 Å². The number of ether oxygens (including phenoxy) is 1. The van der Waals surface area contributed by atoms with Crippen LogP contribution in [0.2, 0.25) is 0 Å². The summed E-state index contributed by atoms with van der Waals surface area (Å²) in [5, 5.41) is 2.89. The van der Waals surface area contributed by atoms with Crippen molar-refractivity contribution in [2.24, 2.45) is 0 Å². The van der Waals surface area contributed by atoms with Crippen molar-refractivity contribution < 1.29 is 9.53 Å². The largest absolute Gasteiger partial charge is 0.462 e. The molecule has 0 bridgehead atoms. The Morgan fingerprint density at radius 3 is 2.89 bits per heavy atom. The van der Waals surface area contributed by atoms with Gasteiger partial charge in [0.2, 0.25) is 0 Å². The molecule has 1 aromatic carbocycles. The summed E-state index contributed by atoms with van der Waals surface area (Å²) < 4.78 is 4.97. The number of para-hydroxylation sites is 1. The van der Waals surface area contributed by atoms with Crippen LogP contribution in [0.1, 0.15) is 22.3 Å². The SMILES string of the molecule is CCOC(=O)c1cccc(-c2csc(C)n2)c1N. The van der Waals surface area contributed by atoms with Gasteiger partial charge in [-0.2, -0.15) is 0 Å². The number of rotatable bonds is 3. The molecular weight excluding hydrogens is 248 g/mol. The number of benzene rings is 1. The summed E-state index contributed by atoms with van der Waals surface area (Å²) in [6.07, 6.45) is 0. The topological polar surface area (TPSA) is 65.2 Å². The van der Waals surface area contributed by atoms with Gasteiger partial charge in [-0.05, 0) is 19.9 Å². The molecule has 4 nitrogen and oxygen atoms in total. The number of aromatic nitrogens is 1. The summed E-state index contributed by atoms with van der Waals surface area (Å²) in [5.41, 5.74) is 8.39. The van der Waals surface area contributed by atoms with E-state index in [2.05, 4.69) is 4.98 Å². The van der Waals surface area contributed by atoms with Crippen LogP contribution in [0.3, 0.4) is 0 Å². The minimum Gasteiger partial charge on any atom is -0.462 e. The third kappa shape index (κ3) is 2.36.